The zero-order valence-electron chi connectivity index (χ0n) is 12.6. The minimum Gasteiger partial charge on any atom is -0.345 e. The molecule has 6 nitrogen and oxygen atoms in total. The molecule has 0 heterocycles. The Balaban J connectivity index is 1.70. The monoisotopic (exact) mass is 365 g/mol. The van der Waals surface area contributed by atoms with Crippen molar-refractivity contribution in [2.24, 2.45) is 5.14 Å². The predicted octanol–water partition coefficient (Wildman–Crippen LogP) is 2.37. The van der Waals surface area contributed by atoms with E-state index >= 15 is 0 Å². The number of hydrogen-bond acceptors (Lipinski definition) is 3. The molecule has 2 aromatic rings. The lowest BCUT2D eigenvalue weighted by Gasteiger charge is -2.14. The number of anilines is 1. The Morgan fingerprint density at radius 2 is 1.88 bits per heavy atom. The maximum atomic E-state index is 12.4. The highest BCUT2D eigenvalue weighted by Gasteiger charge is 2.24. The van der Waals surface area contributed by atoms with Gasteiger partial charge in [-0.2, -0.15) is 8.42 Å². The van der Waals surface area contributed by atoms with E-state index in [4.69, 9.17) is 16.7 Å². The van der Waals surface area contributed by atoms with Crippen LogP contribution in [0.5, 0.6) is 0 Å². The number of nitrogens with one attached hydrogen (secondary N) is 2. The van der Waals surface area contributed by atoms with E-state index in [0.29, 0.717) is 16.3 Å². The Labute approximate surface area is 145 Å². The second-order valence-corrected chi connectivity index (χ2v) is 7.36. The maximum absolute atomic E-state index is 12.4. The smallest absolute Gasteiger partial charge is 0.296 e. The normalized spacial score (nSPS) is 16.5. The van der Waals surface area contributed by atoms with E-state index in [2.05, 4.69) is 10.0 Å². The van der Waals surface area contributed by atoms with E-state index in [-0.39, 0.29) is 11.9 Å². The number of aryl methyl sites for hydroxylation is 1. The number of nitrogens with two attached hydrogens (primary N) is 1. The Hall–Kier alpha value is -2.09. The van der Waals surface area contributed by atoms with Crippen LogP contribution < -0.4 is 15.2 Å². The largest absolute Gasteiger partial charge is 0.345 e. The molecular formula is C16H16ClN3O3S. The summed E-state index contributed by atoms with van der Waals surface area (Å²) in [6, 6.07) is 11.7. The molecule has 126 valence electrons. The van der Waals surface area contributed by atoms with Gasteiger partial charge in [0.25, 0.3) is 16.1 Å². The standard InChI is InChI=1S/C16H16ClN3O3S/c17-12-4-7-14-11(9-12)3-8-15(14)19-16(21)10-1-5-13(6-2-10)20-24(18,22)23/h1-2,4-7,9,15,20H,3,8H2,(H,19,21)(H2,18,22,23)/t15-/m1/s1. The molecule has 1 aliphatic rings. The molecule has 0 unspecified atom stereocenters. The molecule has 0 saturated heterocycles. The van der Waals surface area contributed by atoms with Crippen LogP contribution in [0, 0.1) is 0 Å². The summed E-state index contributed by atoms with van der Waals surface area (Å²) in [6.07, 6.45) is 1.70. The summed E-state index contributed by atoms with van der Waals surface area (Å²) >= 11 is 5.99. The third kappa shape index (κ3) is 3.87. The van der Waals surface area contributed by atoms with Gasteiger partial charge >= 0.3 is 0 Å². The quantitative estimate of drug-likeness (QED) is 0.775. The second-order valence-electron chi connectivity index (χ2n) is 5.63. The molecule has 1 aliphatic carbocycles. The van der Waals surface area contributed by atoms with Crippen molar-refractivity contribution in [1.29, 1.82) is 0 Å². The SMILES string of the molecule is NS(=O)(=O)Nc1ccc(C(=O)N[C@@H]2CCc3cc(Cl)ccc32)cc1. The predicted molar refractivity (Wildman–Crippen MR) is 93.2 cm³/mol. The van der Waals surface area contributed by atoms with Crippen LogP contribution in [-0.4, -0.2) is 14.3 Å². The molecule has 8 heteroatoms. The van der Waals surface area contributed by atoms with E-state index in [1.165, 1.54) is 12.1 Å². The number of carbonyl (C=O) groups is 1. The van der Waals surface area contributed by atoms with Crippen LogP contribution in [0.25, 0.3) is 0 Å². The minimum absolute atomic E-state index is 0.0491. The van der Waals surface area contributed by atoms with Crippen molar-refractivity contribution in [2.45, 2.75) is 18.9 Å². The van der Waals surface area contributed by atoms with Crippen molar-refractivity contribution in [3.8, 4) is 0 Å². The van der Waals surface area contributed by atoms with Gasteiger partial charge in [0, 0.05) is 16.3 Å². The first kappa shape index (κ1) is 16.8. The Morgan fingerprint density at radius 3 is 2.54 bits per heavy atom. The summed E-state index contributed by atoms with van der Waals surface area (Å²) in [4.78, 5) is 12.4. The van der Waals surface area contributed by atoms with Gasteiger partial charge in [-0.25, -0.2) is 5.14 Å². The molecule has 0 radical (unpaired) electrons. The average molecular weight is 366 g/mol. The summed E-state index contributed by atoms with van der Waals surface area (Å²) in [5, 5.41) is 8.59. The highest BCUT2D eigenvalue weighted by Crippen LogP contribution is 2.33. The van der Waals surface area contributed by atoms with Gasteiger partial charge in [0.15, 0.2) is 0 Å². The van der Waals surface area contributed by atoms with Crippen LogP contribution in [-0.2, 0) is 16.6 Å². The van der Waals surface area contributed by atoms with E-state index < -0.39 is 10.2 Å². The first-order valence-electron chi connectivity index (χ1n) is 7.31. The highest BCUT2D eigenvalue weighted by atomic mass is 35.5. The number of rotatable bonds is 4. The van der Waals surface area contributed by atoms with E-state index in [9.17, 15) is 13.2 Å². The molecule has 1 amide bonds. The molecule has 0 saturated carbocycles. The first-order valence-corrected chi connectivity index (χ1v) is 9.24. The number of halogens is 1. The summed E-state index contributed by atoms with van der Waals surface area (Å²) in [6.45, 7) is 0. The fourth-order valence-electron chi connectivity index (χ4n) is 2.83. The van der Waals surface area contributed by atoms with Crippen molar-refractivity contribution in [3.05, 3.63) is 64.2 Å². The molecule has 4 N–H and O–H groups in total. The van der Waals surface area contributed by atoms with Crippen LogP contribution in [0.3, 0.4) is 0 Å². The van der Waals surface area contributed by atoms with Crippen molar-refractivity contribution in [3.63, 3.8) is 0 Å². The summed E-state index contributed by atoms with van der Waals surface area (Å²) < 4.78 is 24.1. The van der Waals surface area contributed by atoms with Gasteiger partial charge in [-0.3, -0.25) is 9.52 Å². The highest BCUT2D eigenvalue weighted by molar-refractivity contribution is 7.90. The van der Waals surface area contributed by atoms with Crippen LogP contribution in [0.15, 0.2) is 42.5 Å². The molecule has 2 aromatic carbocycles. The Morgan fingerprint density at radius 1 is 1.17 bits per heavy atom. The van der Waals surface area contributed by atoms with Gasteiger partial charge in [0.2, 0.25) is 0 Å². The van der Waals surface area contributed by atoms with Crippen LogP contribution >= 0.6 is 11.6 Å². The van der Waals surface area contributed by atoms with Crippen LogP contribution in [0.4, 0.5) is 5.69 Å². The van der Waals surface area contributed by atoms with Crippen LogP contribution in [0.2, 0.25) is 5.02 Å². The molecule has 0 fully saturated rings. The summed E-state index contributed by atoms with van der Waals surface area (Å²) in [5.74, 6) is -0.218. The molecule has 24 heavy (non-hydrogen) atoms. The molecule has 0 spiro atoms. The minimum atomic E-state index is -3.83. The average Bonchev–Trinajstić information content (AvgIpc) is 2.88. The molecule has 0 aliphatic heterocycles. The van der Waals surface area contributed by atoms with E-state index in [1.54, 1.807) is 12.1 Å². The van der Waals surface area contributed by atoms with Crippen molar-refractivity contribution < 1.29 is 13.2 Å². The van der Waals surface area contributed by atoms with Crippen molar-refractivity contribution in [1.82, 2.24) is 5.32 Å². The topological polar surface area (TPSA) is 101 Å². The molecule has 3 rings (SSSR count). The van der Waals surface area contributed by atoms with E-state index in [0.717, 1.165) is 24.0 Å². The van der Waals surface area contributed by atoms with Crippen LogP contribution in [0.1, 0.15) is 33.9 Å². The number of benzene rings is 2. The zero-order valence-corrected chi connectivity index (χ0v) is 14.2. The second kappa shape index (κ2) is 6.43. The lowest BCUT2D eigenvalue weighted by Crippen LogP contribution is -2.27. The lowest BCUT2D eigenvalue weighted by molar-refractivity contribution is 0.0936. The fourth-order valence-corrected chi connectivity index (χ4v) is 3.49. The molecular weight excluding hydrogens is 350 g/mol. The van der Waals surface area contributed by atoms with Crippen molar-refractivity contribution >= 4 is 33.4 Å². The number of amides is 1. The Bertz CT molecular complexity index is 882. The number of fused-ring (bicyclic) bond motifs is 1. The fraction of sp³-hybridized carbons (Fsp3) is 0.188. The van der Waals surface area contributed by atoms with Crippen molar-refractivity contribution in [2.75, 3.05) is 4.72 Å². The van der Waals surface area contributed by atoms with Gasteiger partial charge in [-0.05, 0) is 60.4 Å². The van der Waals surface area contributed by atoms with E-state index in [1.807, 2.05) is 18.2 Å². The Kier molecular flexibility index (Phi) is 4.49. The lowest BCUT2D eigenvalue weighted by atomic mass is 10.1. The van der Waals surface area contributed by atoms with Gasteiger partial charge in [-0.15, -0.1) is 0 Å². The van der Waals surface area contributed by atoms with Gasteiger partial charge in [0.05, 0.1) is 6.04 Å². The first-order chi connectivity index (χ1) is 11.3. The van der Waals surface area contributed by atoms with Gasteiger partial charge in [0.1, 0.15) is 0 Å². The number of hydrogen-bond donors (Lipinski definition) is 3. The van der Waals surface area contributed by atoms with Gasteiger partial charge in [-0.1, -0.05) is 17.7 Å². The molecule has 0 bridgehead atoms. The molecule has 0 aromatic heterocycles. The van der Waals surface area contributed by atoms with Gasteiger partial charge < -0.3 is 5.32 Å². The number of carbonyl (C=O) groups excluding carboxylic acids is 1. The summed E-state index contributed by atoms with van der Waals surface area (Å²) in [5.41, 5.74) is 2.98. The third-order valence-corrected chi connectivity index (χ3v) is 4.65. The maximum Gasteiger partial charge on any atom is 0.296 e. The molecule has 1 atom stereocenters. The zero-order chi connectivity index (χ0) is 17.3. The summed E-state index contributed by atoms with van der Waals surface area (Å²) in [7, 11) is -3.83. The third-order valence-electron chi connectivity index (χ3n) is 3.90.